The summed E-state index contributed by atoms with van der Waals surface area (Å²) < 4.78 is 5.97. The van der Waals surface area contributed by atoms with Crippen LogP contribution in [0.25, 0.3) is 22.1 Å². The van der Waals surface area contributed by atoms with Crippen molar-refractivity contribution >= 4 is 22.8 Å². The first-order valence-corrected chi connectivity index (χ1v) is 9.88. The molecule has 4 nitrogen and oxygen atoms in total. The van der Waals surface area contributed by atoms with Crippen molar-refractivity contribution in [1.82, 2.24) is 0 Å². The molecule has 0 unspecified atom stereocenters. The fourth-order valence-electron chi connectivity index (χ4n) is 3.39. The second-order valence-electron chi connectivity index (χ2n) is 8.28. The highest BCUT2D eigenvalue weighted by atomic mass is 16.4. The van der Waals surface area contributed by atoms with Gasteiger partial charge in [0.1, 0.15) is 5.58 Å². The predicted octanol–water partition coefficient (Wildman–Crippen LogP) is 6.01. The van der Waals surface area contributed by atoms with Crippen molar-refractivity contribution < 1.29 is 9.21 Å². The van der Waals surface area contributed by atoms with E-state index in [2.05, 4.69) is 26.1 Å². The van der Waals surface area contributed by atoms with Crippen LogP contribution in [0, 0.1) is 0 Å². The highest BCUT2D eigenvalue weighted by Gasteiger charge is 2.19. The van der Waals surface area contributed by atoms with Crippen molar-refractivity contribution in [2.75, 3.05) is 5.32 Å². The summed E-state index contributed by atoms with van der Waals surface area (Å²) in [5.74, 6) is -0.180. The molecule has 30 heavy (non-hydrogen) atoms. The number of benzene rings is 3. The van der Waals surface area contributed by atoms with E-state index in [1.54, 1.807) is 36.4 Å². The van der Waals surface area contributed by atoms with Crippen LogP contribution in [0.4, 0.5) is 5.88 Å². The summed E-state index contributed by atoms with van der Waals surface area (Å²) in [6, 6.07) is 23.7. The lowest BCUT2D eigenvalue weighted by molar-refractivity contribution is 0.102. The summed E-state index contributed by atoms with van der Waals surface area (Å²) in [4.78, 5) is 26.1. The van der Waals surface area contributed by atoms with Crippen molar-refractivity contribution in [3.63, 3.8) is 0 Å². The predicted molar refractivity (Wildman–Crippen MR) is 121 cm³/mol. The number of carbonyl (C=O) groups is 1. The van der Waals surface area contributed by atoms with Crippen molar-refractivity contribution in [2.24, 2.45) is 0 Å². The van der Waals surface area contributed by atoms with Gasteiger partial charge in [0.2, 0.25) is 11.3 Å². The number of hydrogen-bond donors (Lipinski definition) is 1. The lowest BCUT2D eigenvalue weighted by atomic mass is 9.87. The number of nitrogens with one attached hydrogen (secondary N) is 1. The molecule has 1 N–H and O–H groups in total. The Morgan fingerprint density at radius 2 is 1.47 bits per heavy atom. The molecule has 0 aliphatic heterocycles. The number of para-hydroxylation sites is 1. The number of anilines is 1. The molecule has 4 heteroatoms. The number of carbonyl (C=O) groups excluding carboxylic acids is 1. The molecule has 3 aromatic carbocycles. The Kier molecular flexibility index (Phi) is 5.00. The maximum Gasteiger partial charge on any atom is 0.257 e. The van der Waals surface area contributed by atoms with E-state index in [1.165, 1.54) is 0 Å². The summed E-state index contributed by atoms with van der Waals surface area (Å²) in [5.41, 5.74) is 2.92. The third kappa shape index (κ3) is 3.77. The van der Waals surface area contributed by atoms with Crippen LogP contribution in [0.3, 0.4) is 0 Å². The standard InChI is InChI=1S/C26H23NO3/c1-26(2,3)19-15-13-18(14-16-19)24(29)27-25-22(17-9-5-4-6-10-17)23(28)20-11-7-8-12-21(20)30-25/h4-16H,1-3H3,(H,27,29). The van der Waals surface area contributed by atoms with E-state index in [9.17, 15) is 9.59 Å². The van der Waals surface area contributed by atoms with Crippen LogP contribution >= 0.6 is 0 Å². The van der Waals surface area contributed by atoms with Gasteiger partial charge in [0, 0.05) is 5.56 Å². The molecule has 0 aliphatic carbocycles. The average Bonchev–Trinajstić information content (AvgIpc) is 2.74. The molecule has 4 aromatic rings. The van der Waals surface area contributed by atoms with Crippen LogP contribution in [0.15, 0.2) is 88.1 Å². The lowest BCUT2D eigenvalue weighted by Gasteiger charge is -2.19. The van der Waals surface area contributed by atoms with Crippen molar-refractivity contribution in [3.05, 3.63) is 100 Å². The van der Waals surface area contributed by atoms with Crippen LogP contribution in [0.1, 0.15) is 36.7 Å². The molecule has 1 aromatic heterocycles. The normalized spacial score (nSPS) is 11.4. The maximum absolute atomic E-state index is 13.2. The van der Waals surface area contributed by atoms with Gasteiger partial charge in [-0.15, -0.1) is 0 Å². The Bertz CT molecular complexity index is 1260. The molecule has 0 fully saturated rings. The molecular formula is C26H23NO3. The number of fused-ring (bicyclic) bond motifs is 1. The van der Waals surface area contributed by atoms with Crippen LogP contribution < -0.4 is 10.7 Å². The SMILES string of the molecule is CC(C)(C)c1ccc(C(=O)Nc2oc3ccccc3c(=O)c2-c2ccccc2)cc1. The molecule has 4 rings (SSSR count). The Labute approximate surface area is 175 Å². The van der Waals surface area contributed by atoms with E-state index in [-0.39, 0.29) is 22.6 Å². The first-order valence-electron chi connectivity index (χ1n) is 9.88. The Balaban J connectivity index is 1.78. The van der Waals surface area contributed by atoms with Gasteiger partial charge in [-0.3, -0.25) is 14.9 Å². The van der Waals surface area contributed by atoms with Gasteiger partial charge in [-0.05, 0) is 40.8 Å². The molecule has 0 spiro atoms. The summed E-state index contributed by atoms with van der Waals surface area (Å²) in [5, 5.41) is 3.29. The van der Waals surface area contributed by atoms with E-state index < -0.39 is 0 Å². The second-order valence-corrected chi connectivity index (χ2v) is 8.28. The molecular weight excluding hydrogens is 374 g/mol. The van der Waals surface area contributed by atoms with E-state index in [1.807, 2.05) is 42.5 Å². The van der Waals surface area contributed by atoms with Crippen molar-refractivity contribution in [3.8, 4) is 11.1 Å². The van der Waals surface area contributed by atoms with Gasteiger partial charge in [-0.1, -0.05) is 75.4 Å². The van der Waals surface area contributed by atoms with Gasteiger partial charge in [0.05, 0.1) is 10.9 Å². The van der Waals surface area contributed by atoms with Crippen LogP contribution in [0.2, 0.25) is 0 Å². The van der Waals surface area contributed by atoms with E-state index in [4.69, 9.17) is 4.42 Å². The Hall–Kier alpha value is -3.66. The summed E-state index contributed by atoms with van der Waals surface area (Å²) in [6.45, 7) is 6.37. The number of hydrogen-bond acceptors (Lipinski definition) is 3. The van der Waals surface area contributed by atoms with E-state index in [0.717, 1.165) is 5.56 Å². The summed E-state index contributed by atoms with van der Waals surface area (Å²) >= 11 is 0. The average molecular weight is 397 g/mol. The minimum atomic E-state index is -0.328. The fourth-order valence-corrected chi connectivity index (χ4v) is 3.39. The largest absolute Gasteiger partial charge is 0.439 e. The van der Waals surface area contributed by atoms with E-state index in [0.29, 0.717) is 27.7 Å². The molecule has 1 heterocycles. The third-order valence-electron chi connectivity index (χ3n) is 5.10. The topological polar surface area (TPSA) is 59.3 Å². The van der Waals surface area contributed by atoms with Gasteiger partial charge in [-0.2, -0.15) is 0 Å². The van der Waals surface area contributed by atoms with E-state index >= 15 is 0 Å². The molecule has 0 atom stereocenters. The number of amides is 1. The second kappa shape index (κ2) is 7.64. The molecule has 0 aliphatic rings. The van der Waals surface area contributed by atoms with Crippen LogP contribution in [0.5, 0.6) is 0 Å². The Morgan fingerprint density at radius 3 is 2.13 bits per heavy atom. The number of rotatable bonds is 3. The van der Waals surface area contributed by atoms with Crippen molar-refractivity contribution in [1.29, 1.82) is 0 Å². The minimum absolute atomic E-state index is 0.000618. The lowest BCUT2D eigenvalue weighted by Crippen LogP contribution is -2.17. The first-order chi connectivity index (χ1) is 14.3. The summed E-state index contributed by atoms with van der Waals surface area (Å²) in [7, 11) is 0. The minimum Gasteiger partial charge on any atom is -0.439 e. The van der Waals surface area contributed by atoms with Gasteiger partial charge in [0.15, 0.2) is 0 Å². The molecule has 0 bridgehead atoms. The van der Waals surface area contributed by atoms with Gasteiger partial charge >= 0.3 is 0 Å². The quantitative estimate of drug-likeness (QED) is 0.460. The fraction of sp³-hybridized carbons (Fsp3) is 0.154. The molecule has 0 radical (unpaired) electrons. The van der Waals surface area contributed by atoms with Crippen molar-refractivity contribution in [2.45, 2.75) is 26.2 Å². The molecule has 0 saturated carbocycles. The zero-order valence-electron chi connectivity index (χ0n) is 17.2. The maximum atomic E-state index is 13.2. The summed E-state index contributed by atoms with van der Waals surface area (Å²) in [6.07, 6.45) is 0. The first kappa shape index (κ1) is 19.6. The zero-order chi connectivity index (χ0) is 21.3. The highest BCUT2D eigenvalue weighted by molar-refractivity contribution is 6.06. The monoisotopic (exact) mass is 397 g/mol. The molecule has 150 valence electrons. The molecule has 0 saturated heterocycles. The Morgan fingerprint density at radius 1 is 0.833 bits per heavy atom. The van der Waals surface area contributed by atoms with Gasteiger partial charge < -0.3 is 4.42 Å². The third-order valence-corrected chi connectivity index (χ3v) is 5.10. The molecule has 1 amide bonds. The highest BCUT2D eigenvalue weighted by Crippen LogP contribution is 2.29. The van der Waals surface area contributed by atoms with Crippen LogP contribution in [-0.2, 0) is 5.41 Å². The van der Waals surface area contributed by atoms with Gasteiger partial charge in [0.25, 0.3) is 5.91 Å². The van der Waals surface area contributed by atoms with Crippen LogP contribution in [-0.4, -0.2) is 5.91 Å². The van der Waals surface area contributed by atoms with Gasteiger partial charge in [-0.25, -0.2) is 0 Å². The zero-order valence-corrected chi connectivity index (χ0v) is 17.2. The smallest absolute Gasteiger partial charge is 0.257 e.